The number of likely N-dealkylation sites (N-methyl/N-ethyl adjacent to an activating group) is 1. The lowest BCUT2D eigenvalue weighted by molar-refractivity contribution is -0.138. The summed E-state index contributed by atoms with van der Waals surface area (Å²) in [5.41, 5.74) is 7.94. The SMILES string of the molecule is COC(=O)N[C@H](C(=O)N1CCCC1c1nc2ccc(-c3ccc4nc(-c5ccc6nc([C@@H]7CCCN7C(=O)[C@H](C(C)C)N(C)C(=O)O)[nH]c6c5)ccc4c3)cc2[nH]1)C(C)C. The first-order valence-electron chi connectivity index (χ1n) is 20.6. The van der Waals surface area contributed by atoms with Gasteiger partial charge in [-0.1, -0.05) is 52.0 Å². The van der Waals surface area contributed by atoms with Crippen LogP contribution in [0.1, 0.15) is 77.1 Å². The molecule has 0 spiro atoms. The van der Waals surface area contributed by atoms with E-state index >= 15 is 0 Å². The van der Waals surface area contributed by atoms with Crippen molar-refractivity contribution in [3.8, 4) is 22.4 Å². The molecular formula is C45H51N9O6. The Labute approximate surface area is 347 Å². The van der Waals surface area contributed by atoms with Crippen LogP contribution in [0.3, 0.4) is 0 Å². The molecular weight excluding hydrogens is 763 g/mol. The predicted molar refractivity (Wildman–Crippen MR) is 228 cm³/mol. The van der Waals surface area contributed by atoms with Crippen LogP contribution in [0.5, 0.6) is 0 Å². The van der Waals surface area contributed by atoms with Crippen LogP contribution in [0.25, 0.3) is 55.4 Å². The molecule has 8 rings (SSSR count). The average Bonchev–Trinajstić information content (AvgIpc) is 4.07. The van der Waals surface area contributed by atoms with Gasteiger partial charge in [-0.3, -0.25) is 14.5 Å². The first-order valence-corrected chi connectivity index (χ1v) is 20.6. The van der Waals surface area contributed by atoms with Crippen LogP contribution in [0.15, 0.2) is 66.7 Å². The number of methoxy groups -OCH3 is 1. The number of aromatic nitrogens is 5. The van der Waals surface area contributed by atoms with Gasteiger partial charge in [0.25, 0.3) is 0 Å². The third-order valence-electron chi connectivity index (χ3n) is 12.0. The Kier molecular flexibility index (Phi) is 10.9. The van der Waals surface area contributed by atoms with E-state index in [9.17, 15) is 24.3 Å². The van der Waals surface area contributed by atoms with Crippen molar-refractivity contribution in [3.63, 3.8) is 0 Å². The first kappa shape index (κ1) is 40.3. The molecule has 3 aromatic heterocycles. The summed E-state index contributed by atoms with van der Waals surface area (Å²) in [6.07, 6.45) is 1.40. The fourth-order valence-corrected chi connectivity index (χ4v) is 8.87. The lowest BCUT2D eigenvalue weighted by atomic mass is 10.0. The zero-order valence-electron chi connectivity index (χ0n) is 34.7. The molecule has 0 saturated carbocycles. The molecule has 0 aliphatic carbocycles. The topological polar surface area (TPSA) is 190 Å². The maximum atomic E-state index is 13.7. The third kappa shape index (κ3) is 7.59. The molecule has 15 nitrogen and oxygen atoms in total. The Morgan fingerprint density at radius 2 is 1.28 bits per heavy atom. The van der Waals surface area contributed by atoms with E-state index in [4.69, 9.17) is 19.7 Å². The number of benzene rings is 3. The van der Waals surface area contributed by atoms with E-state index in [1.54, 1.807) is 4.90 Å². The highest BCUT2D eigenvalue weighted by atomic mass is 16.5. The lowest BCUT2D eigenvalue weighted by Crippen LogP contribution is -2.51. The van der Waals surface area contributed by atoms with Gasteiger partial charge in [0.2, 0.25) is 11.8 Å². The van der Waals surface area contributed by atoms with Gasteiger partial charge in [0.05, 0.1) is 52.5 Å². The molecule has 2 aliphatic rings. The second-order valence-corrected chi connectivity index (χ2v) is 16.6. The van der Waals surface area contributed by atoms with Gasteiger partial charge in [-0.2, -0.15) is 0 Å². The summed E-state index contributed by atoms with van der Waals surface area (Å²) in [5, 5.41) is 13.3. The summed E-state index contributed by atoms with van der Waals surface area (Å²) >= 11 is 0. The summed E-state index contributed by atoms with van der Waals surface area (Å²) in [6, 6.07) is 20.4. The van der Waals surface area contributed by atoms with Gasteiger partial charge in [-0.25, -0.2) is 24.5 Å². The number of H-pyrrole nitrogens is 2. The Morgan fingerprint density at radius 1 is 0.733 bits per heavy atom. The number of aromatic amines is 2. The second-order valence-electron chi connectivity index (χ2n) is 16.6. The molecule has 6 aromatic rings. The molecule has 312 valence electrons. The Morgan fingerprint density at radius 3 is 1.85 bits per heavy atom. The van der Waals surface area contributed by atoms with E-state index in [1.807, 2.05) is 75.1 Å². The summed E-state index contributed by atoms with van der Waals surface area (Å²) in [5.74, 6) is 0.774. The largest absolute Gasteiger partial charge is 0.465 e. The maximum absolute atomic E-state index is 13.7. The quantitative estimate of drug-likeness (QED) is 0.108. The molecule has 4 atom stereocenters. The molecule has 0 radical (unpaired) electrons. The number of amides is 4. The number of fused-ring (bicyclic) bond motifs is 3. The lowest BCUT2D eigenvalue weighted by Gasteiger charge is -2.33. The van der Waals surface area contributed by atoms with Gasteiger partial charge in [-0.15, -0.1) is 0 Å². The fraction of sp³-hybridized carbons (Fsp3) is 0.400. The zero-order valence-corrected chi connectivity index (χ0v) is 34.7. The minimum atomic E-state index is -1.13. The minimum Gasteiger partial charge on any atom is -0.465 e. The monoisotopic (exact) mass is 813 g/mol. The van der Waals surface area contributed by atoms with Gasteiger partial charge < -0.3 is 34.9 Å². The van der Waals surface area contributed by atoms with Crippen molar-refractivity contribution in [2.75, 3.05) is 27.2 Å². The van der Waals surface area contributed by atoms with Crippen LogP contribution < -0.4 is 5.32 Å². The highest BCUT2D eigenvalue weighted by Crippen LogP contribution is 2.36. The first-order chi connectivity index (χ1) is 28.8. The number of hydrogen-bond acceptors (Lipinski definition) is 8. The number of rotatable bonds is 10. The highest BCUT2D eigenvalue weighted by molar-refractivity contribution is 5.91. The van der Waals surface area contributed by atoms with Gasteiger partial charge in [0, 0.05) is 31.1 Å². The second kappa shape index (κ2) is 16.3. The van der Waals surface area contributed by atoms with E-state index in [1.165, 1.54) is 14.2 Å². The van der Waals surface area contributed by atoms with Crippen LogP contribution in [0.4, 0.5) is 9.59 Å². The number of ether oxygens (including phenoxy) is 1. The zero-order chi connectivity index (χ0) is 42.4. The smallest absolute Gasteiger partial charge is 0.407 e. The number of hydrogen-bond donors (Lipinski definition) is 4. The Bertz CT molecular complexity index is 2620. The van der Waals surface area contributed by atoms with Crippen LogP contribution in [0.2, 0.25) is 0 Å². The van der Waals surface area contributed by atoms with Crippen molar-refractivity contribution in [2.24, 2.45) is 11.8 Å². The molecule has 3 aromatic carbocycles. The van der Waals surface area contributed by atoms with Crippen molar-refractivity contribution in [2.45, 2.75) is 77.5 Å². The van der Waals surface area contributed by atoms with Crippen LogP contribution in [-0.4, -0.2) is 108 Å². The molecule has 4 N–H and O–H groups in total. The number of nitrogens with zero attached hydrogens (tertiary/aromatic N) is 6. The van der Waals surface area contributed by atoms with E-state index in [0.29, 0.717) is 18.9 Å². The molecule has 2 fully saturated rings. The molecule has 5 heterocycles. The number of nitrogens with one attached hydrogen (secondary N) is 3. The number of imidazole rings is 2. The van der Waals surface area contributed by atoms with Crippen molar-refractivity contribution in [3.05, 3.63) is 78.4 Å². The highest BCUT2D eigenvalue weighted by Gasteiger charge is 2.40. The molecule has 60 heavy (non-hydrogen) atoms. The van der Waals surface area contributed by atoms with Gasteiger partial charge in [0.15, 0.2) is 0 Å². The molecule has 1 unspecified atom stereocenters. The standard InChI is InChI=1S/C45H51N9O6/c1-24(2)38(51-44(57)60-6)42(55)53-19-7-9-36(53)40-47-32-17-12-27(22-34(32)49-40)26-11-15-30-28(21-26)13-16-31(46-30)29-14-18-33-35(23-29)50-41(48-33)37-10-8-20-54(37)43(56)39(25(3)4)52(5)45(58)59/h11-18,21-25,36-39H,7-10,19-20H2,1-6H3,(H,47,49)(H,48,50)(H,51,57)(H,58,59)/t36?,37-,38-,39-/m0/s1. The molecule has 4 amide bonds. The summed E-state index contributed by atoms with van der Waals surface area (Å²) in [4.78, 5) is 77.6. The van der Waals surface area contributed by atoms with Crippen LogP contribution >= 0.6 is 0 Å². The predicted octanol–water partition coefficient (Wildman–Crippen LogP) is 7.66. The summed E-state index contributed by atoms with van der Waals surface area (Å²) in [7, 11) is 2.74. The molecule has 2 saturated heterocycles. The maximum Gasteiger partial charge on any atom is 0.407 e. The van der Waals surface area contributed by atoms with Crippen molar-refractivity contribution < 1.29 is 29.0 Å². The van der Waals surface area contributed by atoms with Crippen molar-refractivity contribution >= 4 is 57.0 Å². The van der Waals surface area contributed by atoms with E-state index in [-0.39, 0.29) is 35.7 Å². The number of carboxylic acid groups (broad SMARTS) is 1. The molecule has 2 aliphatic heterocycles. The van der Waals surface area contributed by atoms with Crippen LogP contribution in [0, 0.1) is 11.8 Å². The van der Waals surface area contributed by atoms with E-state index in [2.05, 4.69) is 39.6 Å². The van der Waals surface area contributed by atoms with Crippen molar-refractivity contribution in [1.29, 1.82) is 0 Å². The Hall–Kier alpha value is -6.51. The number of carbonyl (C=O) groups is 4. The van der Waals surface area contributed by atoms with Gasteiger partial charge in [0.1, 0.15) is 23.7 Å². The normalized spacial score (nSPS) is 17.9. The van der Waals surface area contributed by atoms with E-state index < -0.39 is 24.3 Å². The third-order valence-corrected chi connectivity index (χ3v) is 12.0. The number of pyridine rings is 1. The van der Waals surface area contributed by atoms with Gasteiger partial charge >= 0.3 is 12.2 Å². The van der Waals surface area contributed by atoms with Crippen molar-refractivity contribution in [1.82, 2.24) is 44.9 Å². The summed E-state index contributed by atoms with van der Waals surface area (Å²) in [6.45, 7) is 8.66. The van der Waals surface area contributed by atoms with E-state index in [0.717, 1.165) is 91.8 Å². The number of carbonyl (C=O) groups excluding carboxylic acids is 3. The number of likely N-dealkylation sites (tertiary alicyclic amines) is 2. The fourth-order valence-electron chi connectivity index (χ4n) is 8.87. The molecule has 0 bridgehead atoms. The molecule has 15 heteroatoms. The summed E-state index contributed by atoms with van der Waals surface area (Å²) < 4.78 is 4.78. The average molecular weight is 814 g/mol. The number of alkyl carbamates (subject to hydrolysis) is 1. The van der Waals surface area contributed by atoms with Crippen LogP contribution in [-0.2, 0) is 14.3 Å². The van der Waals surface area contributed by atoms with Gasteiger partial charge in [-0.05, 0) is 91.1 Å². The minimum absolute atomic E-state index is 0.115. The Balaban J connectivity index is 0.999.